The van der Waals surface area contributed by atoms with Gasteiger partial charge in [-0.25, -0.2) is 8.78 Å². The molecule has 0 unspecified atom stereocenters. The van der Waals surface area contributed by atoms with E-state index in [2.05, 4.69) is 6.58 Å². The van der Waals surface area contributed by atoms with Crippen LogP contribution >= 0.6 is 0 Å². The van der Waals surface area contributed by atoms with Gasteiger partial charge in [0.25, 0.3) is 0 Å². The quantitative estimate of drug-likeness (QED) is 0.716. The standard InChI is InChI=1S/C10H11F2N/c1-2-3-10(13)8-5-4-7(11)6-9(8)12/h2,4-6,10H,1,3,13H2/t10-/m1/s1. The summed E-state index contributed by atoms with van der Waals surface area (Å²) >= 11 is 0. The lowest BCUT2D eigenvalue weighted by Crippen LogP contribution is -2.11. The molecule has 0 aliphatic carbocycles. The molecule has 0 aromatic heterocycles. The third-order valence-corrected chi connectivity index (χ3v) is 1.78. The Kier molecular flexibility index (Phi) is 3.14. The normalized spacial score (nSPS) is 12.5. The van der Waals surface area contributed by atoms with E-state index in [4.69, 9.17) is 5.73 Å². The largest absolute Gasteiger partial charge is 0.324 e. The monoisotopic (exact) mass is 183 g/mol. The van der Waals surface area contributed by atoms with Crippen molar-refractivity contribution in [1.29, 1.82) is 0 Å². The minimum atomic E-state index is -0.602. The zero-order valence-corrected chi connectivity index (χ0v) is 7.13. The van der Waals surface area contributed by atoms with E-state index in [1.54, 1.807) is 6.08 Å². The van der Waals surface area contributed by atoms with Crippen molar-refractivity contribution in [2.75, 3.05) is 0 Å². The van der Waals surface area contributed by atoms with Gasteiger partial charge >= 0.3 is 0 Å². The Balaban J connectivity index is 2.94. The van der Waals surface area contributed by atoms with E-state index in [1.165, 1.54) is 12.1 Å². The van der Waals surface area contributed by atoms with Crippen molar-refractivity contribution in [2.45, 2.75) is 12.5 Å². The number of hydrogen-bond acceptors (Lipinski definition) is 1. The highest BCUT2D eigenvalue weighted by Crippen LogP contribution is 2.18. The lowest BCUT2D eigenvalue weighted by atomic mass is 10.0. The van der Waals surface area contributed by atoms with Crippen LogP contribution in [0, 0.1) is 11.6 Å². The second-order valence-corrected chi connectivity index (χ2v) is 2.80. The first kappa shape index (κ1) is 9.86. The van der Waals surface area contributed by atoms with E-state index in [0.717, 1.165) is 6.07 Å². The predicted molar refractivity (Wildman–Crippen MR) is 48.1 cm³/mol. The zero-order chi connectivity index (χ0) is 9.84. The van der Waals surface area contributed by atoms with Crippen molar-refractivity contribution in [3.8, 4) is 0 Å². The third-order valence-electron chi connectivity index (χ3n) is 1.78. The van der Waals surface area contributed by atoms with E-state index in [-0.39, 0.29) is 0 Å². The molecule has 1 nitrogen and oxygen atoms in total. The fourth-order valence-corrected chi connectivity index (χ4v) is 1.11. The van der Waals surface area contributed by atoms with Gasteiger partial charge in [-0.1, -0.05) is 12.1 Å². The van der Waals surface area contributed by atoms with Gasteiger partial charge in [0.2, 0.25) is 0 Å². The molecule has 1 aromatic carbocycles. The molecule has 70 valence electrons. The van der Waals surface area contributed by atoms with Crippen LogP contribution in [0.5, 0.6) is 0 Å². The average Bonchev–Trinajstić information content (AvgIpc) is 2.04. The molecule has 13 heavy (non-hydrogen) atoms. The van der Waals surface area contributed by atoms with Crippen molar-refractivity contribution < 1.29 is 8.78 Å². The number of rotatable bonds is 3. The molecular weight excluding hydrogens is 172 g/mol. The van der Waals surface area contributed by atoms with Gasteiger partial charge in [0.15, 0.2) is 0 Å². The van der Waals surface area contributed by atoms with Crippen molar-refractivity contribution in [3.05, 3.63) is 48.1 Å². The highest BCUT2D eigenvalue weighted by atomic mass is 19.1. The average molecular weight is 183 g/mol. The molecule has 0 aliphatic heterocycles. The van der Waals surface area contributed by atoms with Crippen LogP contribution < -0.4 is 5.73 Å². The Hall–Kier alpha value is -1.22. The van der Waals surface area contributed by atoms with Gasteiger partial charge in [-0.3, -0.25) is 0 Å². The highest BCUT2D eigenvalue weighted by Gasteiger charge is 2.10. The van der Waals surface area contributed by atoms with Gasteiger partial charge in [0.1, 0.15) is 11.6 Å². The SMILES string of the molecule is C=CC[C@@H](N)c1ccc(F)cc1F. The van der Waals surface area contributed by atoms with Crippen molar-refractivity contribution in [1.82, 2.24) is 0 Å². The first-order valence-electron chi connectivity index (χ1n) is 3.96. The van der Waals surface area contributed by atoms with Gasteiger partial charge in [-0.05, 0) is 12.5 Å². The van der Waals surface area contributed by atoms with Crippen LogP contribution in [0.2, 0.25) is 0 Å². The Morgan fingerprint density at radius 3 is 2.69 bits per heavy atom. The summed E-state index contributed by atoms with van der Waals surface area (Å²) in [6.45, 7) is 3.50. The second-order valence-electron chi connectivity index (χ2n) is 2.80. The fraction of sp³-hybridized carbons (Fsp3) is 0.200. The first-order valence-corrected chi connectivity index (χ1v) is 3.96. The molecule has 0 amide bonds. The van der Waals surface area contributed by atoms with E-state index in [1.807, 2.05) is 0 Å². The highest BCUT2D eigenvalue weighted by molar-refractivity contribution is 5.22. The minimum absolute atomic E-state index is 0.321. The van der Waals surface area contributed by atoms with Crippen molar-refractivity contribution in [2.24, 2.45) is 5.73 Å². The molecule has 0 saturated carbocycles. The van der Waals surface area contributed by atoms with Crippen LogP contribution in [0.4, 0.5) is 8.78 Å². The molecule has 3 heteroatoms. The van der Waals surface area contributed by atoms with E-state index in [0.29, 0.717) is 12.0 Å². The Morgan fingerprint density at radius 1 is 1.46 bits per heavy atom. The molecule has 2 N–H and O–H groups in total. The predicted octanol–water partition coefficient (Wildman–Crippen LogP) is 2.54. The molecule has 0 saturated heterocycles. The molecule has 0 fully saturated rings. The molecule has 1 atom stereocenters. The second kappa shape index (κ2) is 4.14. The summed E-state index contributed by atoms with van der Waals surface area (Å²) in [6, 6.07) is 2.94. The van der Waals surface area contributed by atoms with E-state index >= 15 is 0 Å². The molecule has 0 heterocycles. The summed E-state index contributed by atoms with van der Waals surface area (Å²) in [4.78, 5) is 0. The van der Waals surface area contributed by atoms with Gasteiger partial charge in [-0.2, -0.15) is 0 Å². The maximum atomic E-state index is 13.1. The van der Waals surface area contributed by atoms with Crippen molar-refractivity contribution >= 4 is 0 Å². The van der Waals surface area contributed by atoms with Gasteiger partial charge in [-0.15, -0.1) is 6.58 Å². The molecule has 0 aliphatic rings. The van der Waals surface area contributed by atoms with Gasteiger partial charge in [0.05, 0.1) is 0 Å². The summed E-state index contributed by atoms with van der Waals surface area (Å²) in [6.07, 6.45) is 2.08. The van der Waals surface area contributed by atoms with Crippen molar-refractivity contribution in [3.63, 3.8) is 0 Å². The van der Waals surface area contributed by atoms with E-state index < -0.39 is 17.7 Å². The summed E-state index contributed by atoms with van der Waals surface area (Å²) in [5, 5.41) is 0. The fourth-order valence-electron chi connectivity index (χ4n) is 1.11. The summed E-state index contributed by atoms with van der Waals surface area (Å²) in [7, 11) is 0. The minimum Gasteiger partial charge on any atom is -0.324 e. The van der Waals surface area contributed by atoms with Crippen LogP contribution in [0.15, 0.2) is 30.9 Å². The molecule has 0 radical (unpaired) electrons. The molecule has 1 rings (SSSR count). The van der Waals surface area contributed by atoms with Crippen LogP contribution in [0.3, 0.4) is 0 Å². The Morgan fingerprint density at radius 2 is 2.15 bits per heavy atom. The molecule has 0 bridgehead atoms. The van der Waals surface area contributed by atoms with Gasteiger partial charge in [0, 0.05) is 17.7 Å². The first-order chi connectivity index (χ1) is 6.15. The number of halogens is 2. The molecule has 1 aromatic rings. The molecular formula is C10H11F2N. The lowest BCUT2D eigenvalue weighted by molar-refractivity contribution is 0.556. The smallest absolute Gasteiger partial charge is 0.130 e. The maximum absolute atomic E-state index is 13.1. The summed E-state index contributed by atoms with van der Waals surface area (Å²) < 4.78 is 25.6. The van der Waals surface area contributed by atoms with Crippen LogP contribution in [0.1, 0.15) is 18.0 Å². The van der Waals surface area contributed by atoms with Crippen LogP contribution in [0.25, 0.3) is 0 Å². The summed E-state index contributed by atoms with van der Waals surface area (Å²) in [5.74, 6) is -1.19. The third kappa shape index (κ3) is 2.36. The number of hydrogen-bond donors (Lipinski definition) is 1. The number of nitrogens with two attached hydrogens (primary N) is 1. The van der Waals surface area contributed by atoms with Crippen LogP contribution in [-0.2, 0) is 0 Å². The zero-order valence-electron chi connectivity index (χ0n) is 7.13. The van der Waals surface area contributed by atoms with Gasteiger partial charge < -0.3 is 5.73 Å². The topological polar surface area (TPSA) is 26.0 Å². The van der Waals surface area contributed by atoms with Crippen LogP contribution in [-0.4, -0.2) is 0 Å². The Labute approximate surface area is 75.9 Å². The molecule has 0 spiro atoms. The van der Waals surface area contributed by atoms with E-state index in [9.17, 15) is 8.78 Å². The summed E-state index contributed by atoms with van der Waals surface area (Å²) in [5.41, 5.74) is 5.94. The lowest BCUT2D eigenvalue weighted by Gasteiger charge is -2.09. The maximum Gasteiger partial charge on any atom is 0.130 e. The Bertz CT molecular complexity index is 310. The number of benzene rings is 1.